The Bertz CT molecular complexity index is 165. The van der Waals surface area contributed by atoms with Crippen LogP contribution in [0.4, 0.5) is 0 Å². The van der Waals surface area contributed by atoms with Gasteiger partial charge in [0.15, 0.2) is 0 Å². The molecule has 0 aliphatic heterocycles. The highest BCUT2D eigenvalue weighted by Crippen LogP contribution is 2.29. The van der Waals surface area contributed by atoms with Crippen LogP contribution in [-0.4, -0.2) is 39.0 Å². The molecule has 96 valence electrons. The summed E-state index contributed by atoms with van der Waals surface area (Å²) in [6.07, 6.45) is 7.72. The van der Waals surface area contributed by atoms with Crippen LogP contribution in [0.5, 0.6) is 0 Å². The molecular formula is C13H27NO2. The molecule has 1 rings (SSSR count). The summed E-state index contributed by atoms with van der Waals surface area (Å²) >= 11 is 0. The number of likely N-dealkylation sites (N-methyl/N-ethyl adjacent to an activating group) is 1. The molecule has 3 nitrogen and oxygen atoms in total. The zero-order chi connectivity index (χ0) is 11.7. The van der Waals surface area contributed by atoms with Gasteiger partial charge in [-0.15, -0.1) is 0 Å². The number of nitrogens with one attached hydrogen (secondary N) is 1. The van der Waals surface area contributed by atoms with Crippen molar-refractivity contribution in [3.63, 3.8) is 0 Å². The van der Waals surface area contributed by atoms with Gasteiger partial charge in [-0.2, -0.15) is 0 Å². The Hall–Kier alpha value is -0.120. The van der Waals surface area contributed by atoms with Crippen LogP contribution in [0.3, 0.4) is 0 Å². The van der Waals surface area contributed by atoms with Gasteiger partial charge in [0, 0.05) is 13.2 Å². The molecule has 16 heavy (non-hydrogen) atoms. The fourth-order valence-electron chi connectivity index (χ4n) is 2.53. The van der Waals surface area contributed by atoms with E-state index in [1.165, 1.54) is 38.5 Å². The van der Waals surface area contributed by atoms with Crippen molar-refractivity contribution in [3.8, 4) is 0 Å². The standard InChI is InChI=1S/C13H27NO2/c1-3-15-10-11-16-13(12-14-2)8-6-4-5-7-9-13/h14H,3-12H2,1-2H3. The van der Waals surface area contributed by atoms with Gasteiger partial charge >= 0.3 is 0 Å². The first kappa shape index (κ1) is 13.9. The molecular weight excluding hydrogens is 202 g/mol. The molecule has 0 atom stereocenters. The lowest BCUT2D eigenvalue weighted by molar-refractivity contribution is -0.0733. The van der Waals surface area contributed by atoms with Crippen LogP contribution in [0.2, 0.25) is 0 Å². The summed E-state index contributed by atoms with van der Waals surface area (Å²) in [5.41, 5.74) is 0.0718. The van der Waals surface area contributed by atoms with Crippen molar-refractivity contribution in [2.75, 3.05) is 33.4 Å². The van der Waals surface area contributed by atoms with Gasteiger partial charge in [-0.05, 0) is 26.8 Å². The molecule has 0 radical (unpaired) electrons. The lowest BCUT2D eigenvalue weighted by Crippen LogP contribution is -2.42. The Morgan fingerprint density at radius 3 is 2.31 bits per heavy atom. The third-order valence-electron chi connectivity index (χ3n) is 3.35. The summed E-state index contributed by atoms with van der Waals surface area (Å²) < 4.78 is 11.4. The van der Waals surface area contributed by atoms with E-state index in [-0.39, 0.29) is 5.60 Å². The molecule has 1 fully saturated rings. The van der Waals surface area contributed by atoms with E-state index in [0.29, 0.717) is 0 Å². The first-order valence-corrected chi connectivity index (χ1v) is 6.69. The third kappa shape index (κ3) is 4.81. The van der Waals surface area contributed by atoms with E-state index in [1.54, 1.807) is 0 Å². The van der Waals surface area contributed by atoms with E-state index in [0.717, 1.165) is 26.4 Å². The average molecular weight is 229 g/mol. The van der Waals surface area contributed by atoms with Crippen molar-refractivity contribution in [2.45, 2.75) is 51.0 Å². The first-order chi connectivity index (χ1) is 7.83. The average Bonchev–Trinajstić information content (AvgIpc) is 2.51. The topological polar surface area (TPSA) is 30.5 Å². The summed E-state index contributed by atoms with van der Waals surface area (Å²) in [7, 11) is 2.01. The zero-order valence-electron chi connectivity index (χ0n) is 10.9. The molecule has 0 aromatic heterocycles. The van der Waals surface area contributed by atoms with Gasteiger partial charge in [-0.1, -0.05) is 25.7 Å². The quantitative estimate of drug-likeness (QED) is 0.537. The van der Waals surface area contributed by atoms with Crippen LogP contribution in [-0.2, 0) is 9.47 Å². The highest BCUT2D eigenvalue weighted by atomic mass is 16.5. The molecule has 1 N–H and O–H groups in total. The molecule has 0 spiro atoms. The SMILES string of the molecule is CCOCCOC1(CNC)CCCCCC1. The normalized spacial score (nSPS) is 20.6. The molecule has 0 saturated heterocycles. The highest BCUT2D eigenvalue weighted by Gasteiger charge is 2.30. The number of rotatable bonds is 7. The molecule has 0 aromatic carbocycles. The van der Waals surface area contributed by atoms with Crippen molar-refractivity contribution in [2.24, 2.45) is 0 Å². The number of hydrogen-bond donors (Lipinski definition) is 1. The Balaban J connectivity index is 2.36. The maximum absolute atomic E-state index is 6.11. The summed E-state index contributed by atoms with van der Waals surface area (Å²) in [4.78, 5) is 0. The number of ether oxygens (including phenoxy) is 2. The predicted octanol–water partition coefficient (Wildman–Crippen LogP) is 2.35. The van der Waals surface area contributed by atoms with Gasteiger partial charge in [-0.25, -0.2) is 0 Å². The van der Waals surface area contributed by atoms with Crippen molar-refractivity contribution in [1.82, 2.24) is 5.32 Å². The molecule has 3 heteroatoms. The van der Waals surface area contributed by atoms with E-state index >= 15 is 0 Å². The smallest absolute Gasteiger partial charge is 0.0807 e. The van der Waals surface area contributed by atoms with E-state index < -0.39 is 0 Å². The lowest BCUT2D eigenvalue weighted by Gasteiger charge is -2.33. The summed E-state index contributed by atoms with van der Waals surface area (Å²) in [6.45, 7) is 5.23. The second-order valence-electron chi connectivity index (χ2n) is 4.67. The molecule has 1 aliphatic rings. The van der Waals surface area contributed by atoms with Crippen LogP contribution in [0.25, 0.3) is 0 Å². The van der Waals surface area contributed by atoms with Crippen LogP contribution < -0.4 is 5.32 Å². The van der Waals surface area contributed by atoms with E-state index in [1.807, 2.05) is 14.0 Å². The maximum Gasteiger partial charge on any atom is 0.0807 e. The van der Waals surface area contributed by atoms with Gasteiger partial charge in [0.2, 0.25) is 0 Å². The van der Waals surface area contributed by atoms with Crippen molar-refractivity contribution in [1.29, 1.82) is 0 Å². The fraction of sp³-hybridized carbons (Fsp3) is 1.00. The Morgan fingerprint density at radius 2 is 1.75 bits per heavy atom. The summed E-state index contributed by atoms with van der Waals surface area (Å²) in [5.74, 6) is 0. The molecule has 0 aromatic rings. The Kier molecular flexibility index (Phi) is 7.01. The van der Waals surface area contributed by atoms with Crippen LogP contribution >= 0.6 is 0 Å². The zero-order valence-corrected chi connectivity index (χ0v) is 10.9. The minimum atomic E-state index is 0.0718. The molecule has 0 unspecified atom stereocenters. The summed E-state index contributed by atoms with van der Waals surface area (Å²) in [5, 5.41) is 3.28. The molecule has 1 aliphatic carbocycles. The predicted molar refractivity (Wildman–Crippen MR) is 66.8 cm³/mol. The monoisotopic (exact) mass is 229 g/mol. The molecule has 1 saturated carbocycles. The van der Waals surface area contributed by atoms with E-state index in [9.17, 15) is 0 Å². The van der Waals surface area contributed by atoms with Gasteiger partial charge in [0.25, 0.3) is 0 Å². The van der Waals surface area contributed by atoms with Crippen molar-refractivity contribution in [3.05, 3.63) is 0 Å². The maximum atomic E-state index is 6.11. The van der Waals surface area contributed by atoms with Gasteiger partial charge in [-0.3, -0.25) is 0 Å². The molecule has 0 amide bonds. The summed E-state index contributed by atoms with van der Waals surface area (Å²) in [6, 6.07) is 0. The van der Waals surface area contributed by atoms with Gasteiger partial charge < -0.3 is 14.8 Å². The second-order valence-corrected chi connectivity index (χ2v) is 4.67. The van der Waals surface area contributed by atoms with E-state index in [2.05, 4.69) is 5.32 Å². The van der Waals surface area contributed by atoms with Crippen LogP contribution in [0.1, 0.15) is 45.4 Å². The van der Waals surface area contributed by atoms with Crippen molar-refractivity contribution >= 4 is 0 Å². The van der Waals surface area contributed by atoms with E-state index in [4.69, 9.17) is 9.47 Å². The first-order valence-electron chi connectivity index (χ1n) is 6.69. The van der Waals surface area contributed by atoms with Crippen LogP contribution in [0.15, 0.2) is 0 Å². The Morgan fingerprint density at radius 1 is 1.06 bits per heavy atom. The van der Waals surface area contributed by atoms with Crippen LogP contribution in [0, 0.1) is 0 Å². The minimum Gasteiger partial charge on any atom is -0.379 e. The third-order valence-corrected chi connectivity index (χ3v) is 3.35. The Labute approximate surface area is 99.9 Å². The molecule has 0 heterocycles. The van der Waals surface area contributed by atoms with Gasteiger partial charge in [0.1, 0.15) is 0 Å². The largest absolute Gasteiger partial charge is 0.379 e. The number of hydrogen-bond acceptors (Lipinski definition) is 3. The lowest BCUT2D eigenvalue weighted by atomic mass is 9.94. The fourth-order valence-corrected chi connectivity index (χ4v) is 2.53. The highest BCUT2D eigenvalue weighted by molar-refractivity contribution is 4.85. The van der Waals surface area contributed by atoms with Gasteiger partial charge in [0.05, 0.1) is 18.8 Å². The molecule has 0 bridgehead atoms. The minimum absolute atomic E-state index is 0.0718. The second kappa shape index (κ2) is 8.04. The van der Waals surface area contributed by atoms with Crippen molar-refractivity contribution < 1.29 is 9.47 Å².